The fourth-order valence-corrected chi connectivity index (χ4v) is 2.98. The fraction of sp³-hybridized carbons (Fsp3) is 0.455. The number of nitrogens with two attached hydrogens (primary N) is 1. The van der Waals surface area contributed by atoms with Gasteiger partial charge in [0, 0.05) is 16.3 Å². The van der Waals surface area contributed by atoms with Crippen molar-refractivity contribution >= 4 is 27.7 Å². The Balaban J connectivity index is 2.01. The van der Waals surface area contributed by atoms with Crippen LogP contribution in [0.15, 0.2) is 28.7 Å². The molecule has 1 aromatic carbocycles. The third kappa shape index (κ3) is 2.97. The van der Waals surface area contributed by atoms with E-state index >= 15 is 0 Å². The number of hydrogen-bond donors (Lipinski definition) is 1. The molecule has 1 aliphatic heterocycles. The van der Waals surface area contributed by atoms with Gasteiger partial charge in [0.15, 0.2) is 0 Å². The van der Waals surface area contributed by atoms with Crippen LogP contribution in [0.5, 0.6) is 0 Å². The maximum absolute atomic E-state index is 5.80. The van der Waals surface area contributed by atoms with E-state index in [1.54, 1.807) is 0 Å². The maximum atomic E-state index is 5.80. The van der Waals surface area contributed by atoms with Gasteiger partial charge in [0.2, 0.25) is 0 Å². The standard InChI is InChI=1S/C11H14BrNOS/c12-9-3-1-8(2-4-9)11(5-13)15-10-6-14-7-10/h1-4,10-11H,5-7,13H2. The van der Waals surface area contributed by atoms with E-state index in [-0.39, 0.29) is 0 Å². The minimum atomic E-state index is 0.395. The summed E-state index contributed by atoms with van der Waals surface area (Å²) >= 11 is 5.36. The minimum Gasteiger partial charge on any atom is -0.379 e. The molecule has 0 amide bonds. The molecule has 1 saturated heterocycles. The van der Waals surface area contributed by atoms with Gasteiger partial charge in [0.1, 0.15) is 0 Å². The Morgan fingerprint density at radius 3 is 2.53 bits per heavy atom. The molecule has 82 valence electrons. The molecule has 2 rings (SSSR count). The lowest BCUT2D eigenvalue weighted by molar-refractivity contribution is 0.0453. The monoisotopic (exact) mass is 287 g/mol. The number of halogens is 1. The zero-order chi connectivity index (χ0) is 10.7. The average molecular weight is 288 g/mol. The maximum Gasteiger partial charge on any atom is 0.0608 e. The third-order valence-electron chi connectivity index (χ3n) is 2.42. The second-order valence-electron chi connectivity index (χ2n) is 3.57. The first-order valence-electron chi connectivity index (χ1n) is 4.98. The van der Waals surface area contributed by atoms with Crippen LogP contribution in [0, 0.1) is 0 Å². The van der Waals surface area contributed by atoms with Crippen LogP contribution in [-0.4, -0.2) is 25.0 Å². The highest BCUT2D eigenvalue weighted by Gasteiger charge is 2.23. The van der Waals surface area contributed by atoms with E-state index in [0.29, 0.717) is 17.0 Å². The second kappa shape index (κ2) is 5.34. The molecule has 1 fully saturated rings. The minimum absolute atomic E-state index is 0.395. The lowest BCUT2D eigenvalue weighted by Gasteiger charge is -2.29. The topological polar surface area (TPSA) is 35.2 Å². The number of benzene rings is 1. The first kappa shape index (κ1) is 11.5. The van der Waals surface area contributed by atoms with Crippen molar-refractivity contribution in [2.24, 2.45) is 5.73 Å². The van der Waals surface area contributed by atoms with E-state index < -0.39 is 0 Å². The second-order valence-corrected chi connectivity index (χ2v) is 5.99. The molecule has 1 aromatic rings. The molecule has 2 N–H and O–H groups in total. The Bertz CT molecular complexity index is 313. The highest BCUT2D eigenvalue weighted by atomic mass is 79.9. The highest BCUT2D eigenvalue weighted by Crippen LogP contribution is 2.34. The number of thioether (sulfide) groups is 1. The Labute approximate surface area is 103 Å². The molecule has 1 unspecified atom stereocenters. The van der Waals surface area contributed by atoms with Crippen molar-refractivity contribution in [3.05, 3.63) is 34.3 Å². The van der Waals surface area contributed by atoms with Crippen LogP contribution in [0.3, 0.4) is 0 Å². The van der Waals surface area contributed by atoms with Gasteiger partial charge in [-0.2, -0.15) is 0 Å². The Morgan fingerprint density at radius 1 is 1.40 bits per heavy atom. The van der Waals surface area contributed by atoms with Crippen molar-refractivity contribution in [3.63, 3.8) is 0 Å². The van der Waals surface area contributed by atoms with Gasteiger partial charge >= 0.3 is 0 Å². The third-order valence-corrected chi connectivity index (χ3v) is 4.40. The Kier molecular flexibility index (Phi) is 4.08. The molecule has 1 aliphatic rings. The first-order valence-corrected chi connectivity index (χ1v) is 6.72. The molecule has 1 heterocycles. The molecule has 0 spiro atoms. The molecule has 0 radical (unpaired) electrons. The first-order chi connectivity index (χ1) is 7.29. The lowest BCUT2D eigenvalue weighted by Crippen LogP contribution is -2.32. The normalized spacial score (nSPS) is 18.5. The van der Waals surface area contributed by atoms with Gasteiger partial charge in [0.25, 0.3) is 0 Å². The van der Waals surface area contributed by atoms with E-state index in [4.69, 9.17) is 10.5 Å². The largest absolute Gasteiger partial charge is 0.379 e. The lowest BCUT2D eigenvalue weighted by atomic mass is 10.1. The average Bonchev–Trinajstić information content (AvgIpc) is 2.19. The highest BCUT2D eigenvalue weighted by molar-refractivity contribution is 9.10. The van der Waals surface area contributed by atoms with Crippen molar-refractivity contribution in [2.45, 2.75) is 10.5 Å². The van der Waals surface area contributed by atoms with Crippen LogP contribution in [-0.2, 0) is 4.74 Å². The van der Waals surface area contributed by atoms with Gasteiger partial charge in [-0.25, -0.2) is 0 Å². The van der Waals surface area contributed by atoms with Crippen LogP contribution in [0.1, 0.15) is 10.8 Å². The molecular formula is C11H14BrNOS. The van der Waals surface area contributed by atoms with Crippen molar-refractivity contribution in [2.75, 3.05) is 19.8 Å². The molecule has 4 heteroatoms. The molecule has 0 saturated carbocycles. The number of ether oxygens (including phenoxy) is 1. The number of rotatable bonds is 4. The van der Waals surface area contributed by atoms with Crippen molar-refractivity contribution in [1.29, 1.82) is 0 Å². The smallest absolute Gasteiger partial charge is 0.0608 e. The van der Waals surface area contributed by atoms with Crippen molar-refractivity contribution in [1.82, 2.24) is 0 Å². The van der Waals surface area contributed by atoms with Gasteiger partial charge < -0.3 is 10.5 Å². The van der Waals surface area contributed by atoms with Crippen molar-refractivity contribution < 1.29 is 4.74 Å². The fourth-order valence-electron chi connectivity index (χ4n) is 1.47. The zero-order valence-electron chi connectivity index (χ0n) is 8.36. The quantitative estimate of drug-likeness (QED) is 0.925. The van der Waals surface area contributed by atoms with Crippen LogP contribution in [0.2, 0.25) is 0 Å². The SMILES string of the molecule is NCC(SC1COC1)c1ccc(Br)cc1. The van der Waals surface area contributed by atoms with Crippen LogP contribution >= 0.6 is 27.7 Å². The van der Waals surface area contributed by atoms with Crippen LogP contribution in [0.25, 0.3) is 0 Å². The molecule has 0 bridgehead atoms. The summed E-state index contributed by atoms with van der Waals surface area (Å²) in [5.41, 5.74) is 7.10. The molecule has 2 nitrogen and oxygen atoms in total. The summed E-state index contributed by atoms with van der Waals surface area (Å²) in [7, 11) is 0. The van der Waals surface area contributed by atoms with Gasteiger partial charge in [-0.05, 0) is 17.7 Å². The van der Waals surface area contributed by atoms with Crippen molar-refractivity contribution in [3.8, 4) is 0 Å². The van der Waals surface area contributed by atoms with Gasteiger partial charge in [-0.3, -0.25) is 0 Å². The van der Waals surface area contributed by atoms with E-state index in [1.807, 2.05) is 11.8 Å². The summed E-state index contributed by atoms with van der Waals surface area (Å²) in [5.74, 6) is 0. The molecular weight excluding hydrogens is 274 g/mol. The summed E-state index contributed by atoms with van der Waals surface area (Å²) in [5, 5.41) is 1.02. The van der Waals surface area contributed by atoms with E-state index in [9.17, 15) is 0 Å². The predicted molar refractivity (Wildman–Crippen MR) is 68.1 cm³/mol. The van der Waals surface area contributed by atoms with Crippen LogP contribution < -0.4 is 5.73 Å². The summed E-state index contributed by atoms with van der Waals surface area (Å²) in [6.45, 7) is 2.43. The van der Waals surface area contributed by atoms with Gasteiger partial charge in [0.05, 0.1) is 18.5 Å². The van der Waals surface area contributed by atoms with Crippen LogP contribution in [0.4, 0.5) is 0 Å². The predicted octanol–water partition coefficient (Wildman–Crippen LogP) is 2.58. The summed E-state index contributed by atoms with van der Waals surface area (Å²) in [6, 6.07) is 8.40. The van der Waals surface area contributed by atoms with E-state index in [1.165, 1.54) is 5.56 Å². The van der Waals surface area contributed by atoms with Gasteiger partial charge in [-0.1, -0.05) is 28.1 Å². The molecule has 15 heavy (non-hydrogen) atoms. The number of hydrogen-bond acceptors (Lipinski definition) is 3. The summed E-state index contributed by atoms with van der Waals surface area (Å²) in [4.78, 5) is 0. The van der Waals surface area contributed by atoms with E-state index in [2.05, 4.69) is 40.2 Å². The van der Waals surface area contributed by atoms with Gasteiger partial charge in [-0.15, -0.1) is 11.8 Å². The molecule has 1 atom stereocenters. The molecule has 0 aliphatic carbocycles. The Hall–Kier alpha value is -0.0300. The zero-order valence-corrected chi connectivity index (χ0v) is 10.8. The summed E-state index contributed by atoms with van der Waals surface area (Å²) in [6.07, 6.45) is 0. The Morgan fingerprint density at radius 2 is 2.07 bits per heavy atom. The van der Waals surface area contributed by atoms with E-state index in [0.717, 1.165) is 17.7 Å². The molecule has 0 aromatic heterocycles. The summed E-state index contributed by atoms with van der Waals surface area (Å²) < 4.78 is 6.28.